The second-order valence-corrected chi connectivity index (χ2v) is 3.78. The molecule has 0 aliphatic heterocycles. The zero-order valence-electron chi connectivity index (χ0n) is 7.50. The fraction of sp³-hybridized carbons (Fsp3) is 0.400. The fourth-order valence-corrected chi connectivity index (χ4v) is 1.41. The van der Waals surface area contributed by atoms with Crippen molar-refractivity contribution in [3.63, 3.8) is 0 Å². The van der Waals surface area contributed by atoms with Crippen LogP contribution in [0.2, 0.25) is 0 Å². The Balaban J connectivity index is 2.34. The Morgan fingerprint density at radius 3 is 2.14 bits per heavy atom. The summed E-state index contributed by atoms with van der Waals surface area (Å²) in [5.41, 5.74) is 3.98. The lowest BCUT2D eigenvalue weighted by Crippen LogP contribution is -2.41. The minimum atomic E-state index is -3.00. The summed E-state index contributed by atoms with van der Waals surface area (Å²) >= 11 is 0. The molecule has 2 nitrogen and oxygen atoms in total. The lowest BCUT2D eigenvalue weighted by Gasteiger charge is -2.23. The van der Waals surface area contributed by atoms with E-state index in [9.17, 15) is 8.78 Å². The Hall–Kier alpha value is -1.16. The first-order chi connectivity index (χ1) is 6.46. The topological polar surface area (TPSA) is 46.2 Å². The molecule has 0 atom stereocenters. The number of phenols is 1. The maximum atomic E-state index is 13.7. The quantitative estimate of drug-likeness (QED) is 0.765. The molecule has 76 valence electrons. The number of aromatic hydroxyl groups is 1. The van der Waals surface area contributed by atoms with E-state index in [0.717, 1.165) is 0 Å². The van der Waals surface area contributed by atoms with Crippen molar-refractivity contribution in [2.24, 2.45) is 5.73 Å². The summed E-state index contributed by atoms with van der Waals surface area (Å²) in [7, 11) is 0. The number of phenolic OH excluding ortho intramolecular Hbond substituents is 1. The number of hydrogen-bond donors (Lipinski definition) is 2. The Morgan fingerprint density at radius 2 is 1.71 bits per heavy atom. The van der Waals surface area contributed by atoms with Gasteiger partial charge in [-0.3, -0.25) is 0 Å². The second-order valence-electron chi connectivity index (χ2n) is 3.78. The molecule has 0 amide bonds. The van der Waals surface area contributed by atoms with Crippen molar-refractivity contribution in [3.8, 4) is 5.75 Å². The minimum absolute atomic E-state index is 0.0218. The average Bonchev–Trinajstić information content (AvgIpc) is 2.86. The zero-order chi connectivity index (χ0) is 10.4. The molecule has 0 aromatic heterocycles. The average molecular weight is 199 g/mol. The van der Waals surface area contributed by atoms with Gasteiger partial charge in [0, 0.05) is 5.56 Å². The van der Waals surface area contributed by atoms with Crippen molar-refractivity contribution in [3.05, 3.63) is 29.8 Å². The Bertz CT molecular complexity index is 344. The SMILES string of the molecule is NC1(C(F)(F)c2ccc(O)cc2)CC1. The molecular weight excluding hydrogens is 188 g/mol. The third kappa shape index (κ3) is 1.26. The van der Waals surface area contributed by atoms with E-state index in [0.29, 0.717) is 12.8 Å². The van der Waals surface area contributed by atoms with Gasteiger partial charge in [-0.15, -0.1) is 0 Å². The maximum absolute atomic E-state index is 13.7. The van der Waals surface area contributed by atoms with E-state index < -0.39 is 11.5 Å². The summed E-state index contributed by atoms with van der Waals surface area (Å²) in [4.78, 5) is 0. The van der Waals surface area contributed by atoms with Crippen LogP contribution in [0.4, 0.5) is 8.78 Å². The van der Waals surface area contributed by atoms with Gasteiger partial charge >= 0.3 is 0 Å². The standard InChI is InChI=1S/C10H11F2NO/c11-10(12,9(13)5-6-9)7-1-3-8(14)4-2-7/h1-4,14H,5-6,13H2. The number of hydrogen-bond acceptors (Lipinski definition) is 2. The Labute approximate surface area is 80.4 Å². The van der Waals surface area contributed by atoms with Gasteiger partial charge in [-0.2, -0.15) is 8.78 Å². The van der Waals surface area contributed by atoms with Crippen LogP contribution in [-0.2, 0) is 5.92 Å². The first-order valence-corrected chi connectivity index (χ1v) is 4.42. The van der Waals surface area contributed by atoms with Crippen LogP contribution in [0, 0.1) is 0 Å². The molecule has 1 aromatic rings. The van der Waals surface area contributed by atoms with Crippen LogP contribution in [0.5, 0.6) is 5.75 Å². The van der Waals surface area contributed by atoms with Crippen molar-refractivity contribution >= 4 is 0 Å². The van der Waals surface area contributed by atoms with Gasteiger partial charge in [0.1, 0.15) is 5.75 Å². The number of alkyl halides is 2. The van der Waals surface area contributed by atoms with E-state index in [-0.39, 0.29) is 11.3 Å². The smallest absolute Gasteiger partial charge is 0.290 e. The molecule has 0 heterocycles. The first-order valence-electron chi connectivity index (χ1n) is 4.42. The van der Waals surface area contributed by atoms with Gasteiger partial charge in [0.05, 0.1) is 5.54 Å². The number of rotatable bonds is 2. The molecule has 0 radical (unpaired) electrons. The third-order valence-corrected chi connectivity index (χ3v) is 2.64. The number of halogens is 2. The van der Waals surface area contributed by atoms with Gasteiger partial charge in [0.25, 0.3) is 5.92 Å². The van der Waals surface area contributed by atoms with Gasteiger partial charge in [0.15, 0.2) is 0 Å². The van der Waals surface area contributed by atoms with E-state index in [4.69, 9.17) is 10.8 Å². The fourth-order valence-electron chi connectivity index (χ4n) is 1.41. The van der Waals surface area contributed by atoms with Crippen LogP contribution in [0.3, 0.4) is 0 Å². The van der Waals surface area contributed by atoms with E-state index in [1.54, 1.807) is 0 Å². The normalized spacial score (nSPS) is 19.4. The molecule has 1 aliphatic rings. The minimum Gasteiger partial charge on any atom is -0.508 e. The molecule has 1 aromatic carbocycles. The lowest BCUT2D eigenvalue weighted by molar-refractivity contribution is -0.0421. The highest BCUT2D eigenvalue weighted by atomic mass is 19.3. The third-order valence-electron chi connectivity index (χ3n) is 2.64. The summed E-state index contributed by atoms with van der Waals surface area (Å²) < 4.78 is 27.3. The van der Waals surface area contributed by atoms with Crippen molar-refractivity contribution in [1.29, 1.82) is 0 Å². The molecule has 0 bridgehead atoms. The monoisotopic (exact) mass is 199 g/mol. The second kappa shape index (κ2) is 2.67. The molecule has 4 heteroatoms. The summed E-state index contributed by atoms with van der Waals surface area (Å²) in [5.74, 6) is -3.02. The molecule has 3 N–H and O–H groups in total. The Kier molecular flexibility index (Phi) is 1.79. The van der Waals surface area contributed by atoms with Crippen molar-refractivity contribution < 1.29 is 13.9 Å². The van der Waals surface area contributed by atoms with Crippen molar-refractivity contribution in [1.82, 2.24) is 0 Å². The molecule has 0 unspecified atom stereocenters. The molecule has 2 rings (SSSR count). The predicted octanol–water partition coefficient (Wildman–Crippen LogP) is 1.98. The number of nitrogens with two attached hydrogens (primary N) is 1. The van der Waals surface area contributed by atoms with E-state index in [1.807, 2.05) is 0 Å². The predicted molar refractivity (Wildman–Crippen MR) is 48.2 cm³/mol. The van der Waals surface area contributed by atoms with E-state index in [2.05, 4.69) is 0 Å². The lowest BCUT2D eigenvalue weighted by atomic mass is 10.00. The highest BCUT2D eigenvalue weighted by molar-refractivity contribution is 5.32. The molecule has 1 saturated carbocycles. The molecule has 0 saturated heterocycles. The first kappa shape index (κ1) is 9.40. The van der Waals surface area contributed by atoms with Gasteiger partial charge in [0.2, 0.25) is 0 Å². The van der Waals surface area contributed by atoms with E-state index >= 15 is 0 Å². The van der Waals surface area contributed by atoms with Gasteiger partial charge in [-0.1, -0.05) is 0 Å². The molecule has 1 fully saturated rings. The number of benzene rings is 1. The van der Waals surface area contributed by atoms with Crippen LogP contribution in [0.1, 0.15) is 18.4 Å². The highest BCUT2D eigenvalue weighted by Crippen LogP contribution is 2.51. The van der Waals surface area contributed by atoms with Crippen LogP contribution < -0.4 is 5.73 Å². The highest BCUT2D eigenvalue weighted by Gasteiger charge is 2.60. The van der Waals surface area contributed by atoms with Gasteiger partial charge < -0.3 is 10.8 Å². The summed E-state index contributed by atoms with van der Waals surface area (Å²) in [5, 5.41) is 8.96. The molecule has 1 aliphatic carbocycles. The zero-order valence-corrected chi connectivity index (χ0v) is 7.50. The van der Waals surface area contributed by atoms with Crippen molar-refractivity contribution in [2.75, 3.05) is 0 Å². The van der Waals surface area contributed by atoms with Gasteiger partial charge in [-0.25, -0.2) is 0 Å². The Morgan fingerprint density at radius 1 is 1.21 bits per heavy atom. The largest absolute Gasteiger partial charge is 0.508 e. The molecular formula is C10H11F2NO. The van der Waals surface area contributed by atoms with Crippen molar-refractivity contribution in [2.45, 2.75) is 24.3 Å². The summed E-state index contributed by atoms with van der Waals surface area (Å²) in [6.07, 6.45) is 0.696. The molecule has 14 heavy (non-hydrogen) atoms. The van der Waals surface area contributed by atoms with Crippen LogP contribution in [0.25, 0.3) is 0 Å². The van der Waals surface area contributed by atoms with Crippen LogP contribution in [0.15, 0.2) is 24.3 Å². The van der Waals surface area contributed by atoms with Crippen LogP contribution in [-0.4, -0.2) is 10.6 Å². The molecule has 0 spiro atoms. The van der Waals surface area contributed by atoms with Gasteiger partial charge in [-0.05, 0) is 37.1 Å². The summed E-state index contributed by atoms with van der Waals surface area (Å²) in [6.45, 7) is 0. The van der Waals surface area contributed by atoms with E-state index in [1.165, 1.54) is 24.3 Å². The van der Waals surface area contributed by atoms with Crippen LogP contribution >= 0.6 is 0 Å². The maximum Gasteiger partial charge on any atom is 0.290 e. The summed E-state index contributed by atoms with van der Waals surface area (Å²) in [6, 6.07) is 4.91.